The molecule has 2 nitrogen and oxygen atoms in total. The van der Waals surface area contributed by atoms with Crippen LogP contribution in [0.25, 0.3) is 0 Å². The molecule has 1 aliphatic carbocycles. The molecule has 1 atom stereocenters. The zero-order chi connectivity index (χ0) is 21.3. The van der Waals surface area contributed by atoms with Gasteiger partial charge in [0.05, 0.1) is 6.61 Å². The van der Waals surface area contributed by atoms with Crippen molar-refractivity contribution in [3.63, 3.8) is 0 Å². The Morgan fingerprint density at radius 2 is 1.86 bits per heavy atom. The topological polar surface area (TPSA) is 29.5 Å². The fraction of sp³-hybridized carbons (Fsp3) is 0.407. The molecule has 2 heteroatoms. The summed E-state index contributed by atoms with van der Waals surface area (Å²) in [4.78, 5) is 0. The van der Waals surface area contributed by atoms with Gasteiger partial charge in [0.25, 0.3) is 0 Å². The molecule has 0 heterocycles. The van der Waals surface area contributed by atoms with Crippen LogP contribution in [0.15, 0.2) is 89.1 Å². The van der Waals surface area contributed by atoms with Gasteiger partial charge in [-0.05, 0) is 62.7 Å². The molecule has 0 amide bonds. The lowest BCUT2D eigenvalue weighted by Crippen LogP contribution is -2.19. The van der Waals surface area contributed by atoms with E-state index < -0.39 is 6.29 Å². The minimum Gasteiger partial charge on any atom is -0.365 e. The van der Waals surface area contributed by atoms with E-state index in [1.165, 1.54) is 36.0 Å². The summed E-state index contributed by atoms with van der Waals surface area (Å²) in [5.74, 6) is 0. The summed E-state index contributed by atoms with van der Waals surface area (Å²) in [5.41, 5.74) is 6.48. The predicted octanol–water partition coefficient (Wildman–Crippen LogP) is 7.05. The Labute approximate surface area is 177 Å². The highest BCUT2D eigenvalue weighted by Gasteiger charge is 2.26. The summed E-state index contributed by atoms with van der Waals surface area (Å²) in [6, 6.07) is 9.86. The van der Waals surface area contributed by atoms with Crippen LogP contribution < -0.4 is 0 Å². The fourth-order valence-corrected chi connectivity index (χ4v) is 3.72. The van der Waals surface area contributed by atoms with E-state index in [0.29, 0.717) is 6.61 Å². The molecule has 0 fully saturated rings. The van der Waals surface area contributed by atoms with Crippen molar-refractivity contribution >= 4 is 0 Å². The molecule has 1 aromatic rings. The van der Waals surface area contributed by atoms with Crippen LogP contribution in [-0.2, 0) is 11.3 Å². The Bertz CT molecular complexity index is 804. The van der Waals surface area contributed by atoms with E-state index in [0.717, 1.165) is 11.1 Å². The number of allylic oxidation sites excluding steroid dienone is 9. The van der Waals surface area contributed by atoms with E-state index in [-0.39, 0.29) is 5.41 Å². The lowest BCUT2D eigenvalue weighted by atomic mass is 9.72. The zero-order valence-electron chi connectivity index (χ0n) is 18.6. The monoisotopic (exact) mass is 392 g/mol. The molecule has 0 saturated heterocycles. The second kappa shape index (κ2) is 11.1. The van der Waals surface area contributed by atoms with Gasteiger partial charge in [-0.1, -0.05) is 91.3 Å². The van der Waals surface area contributed by atoms with Crippen molar-refractivity contribution in [2.24, 2.45) is 5.41 Å². The first kappa shape index (κ1) is 23.1. The SMILES string of the molecule is CC(C=CC1=C(C)CCCC1(C)C)=CC=CC(C)=CC(O)OCc1ccccc1. The maximum absolute atomic E-state index is 10.0. The summed E-state index contributed by atoms with van der Waals surface area (Å²) in [7, 11) is 0. The molecule has 0 aromatic heterocycles. The summed E-state index contributed by atoms with van der Waals surface area (Å²) >= 11 is 0. The molecule has 1 unspecified atom stereocenters. The normalized spacial score (nSPS) is 19.4. The summed E-state index contributed by atoms with van der Waals surface area (Å²) in [5, 5.41) is 10.0. The second-order valence-corrected chi connectivity index (χ2v) is 8.63. The molecule has 2 rings (SSSR count). The first-order valence-electron chi connectivity index (χ1n) is 10.5. The number of aliphatic hydroxyl groups excluding tert-OH is 1. The van der Waals surface area contributed by atoms with Gasteiger partial charge < -0.3 is 9.84 Å². The predicted molar refractivity (Wildman–Crippen MR) is 123 cm³/mol. The number of ether oxygens (including phenoxy) is 1. The Morgan fingerprint density at radius 3 is 2.55 bits per heavy atom. The van der Waals surface area contributed by atoms with E-state index in [9.17, 15) is 5.11 Å². The molecule has 0 aliphatic heterocycles. The van der Waals surface area contributed by atoms with Gasteiger partial charge in [-0.15, -0.1) is 0 Å². The first-order valence-corrected chi connectivity index (χ1v) is 10.5. The Balaban J connectivity index is 1.89. The number of hydrogen-bond donors (Lipinski definition) is 1. The lowest BCUT2D eigenvalue weighted by Gasteiger charge is -2.32. The van der Waals surface area contributed by atoms with Gasteiger partial charge in [-0.2, -0.15) is 0 Å². The van der Waals surface area contributed by atoms with Crippen molar-refractivity contribution in [2.75, 3.05) is 0 Å². The van der Waals surface area contributed by atoms with E-state index in [2.05, 4.69) is 45.9 Å². The van der Waals surface area contributed by atoms with Gasteiger partial charge >= 0.3 is 0 Å². The Morgan fingerprint density at radius 1 is 1.14 bits per heavy atom. The molecule has 29 heavy (non-hydrogen) atoms. The van der Waals surface area contributed by atoms with Gasteiger partial charge in [-0.3, -0.25) is 0 Å². The van der Waals surface area contributed by atoms with Crippen molar-refractivity contribution in [1.82, 2.24) is 0 Å². The molecule has 0 bridgehead atoms. The average Bonchev–Trinajstić information content (AvgIpc) is 2.66. The van der Waals surface area contributed by atoms with E-state index >= 15 is 0 Å². The minimum atomic E-state index is -0.909. The summed E-state index contributed by atoms with van der Waals surface area (Å²) < 4.78 is 5.47. The number of benzene rings is 1. The van der Waals surface area contributed by atoms with Crippen molar-refractivity contribution in [2.45, 2.75) is 66.8 Å². The highest BCUT2D eigenvalue weighted by atomic mass is 16.6. The average molecular weight is 393 g/mol. The van der Waals surface area contributed by atoms with Crippen LogP contribution in [-0.4, -0.2) is 11.4 Å². The van der Waals surface area contributed by atoms with Crippen LogP contribution >= 0.6 is 0 Å². The van der Waals surface area contributed by atoms with E-state index in [1.54, 1.807) is 6.08 Å². The van der Waals surface area contributed by atoms with Crippen LogP contribution in [0, 0.1) is 5.41 Å². The number of hydrogen-bond acceptors (Lipinski definition) is 2. The van der Waals surface area contributed by atoms with Crippen LogP contribution in [0.1, 0.15) is 59.4 Å². The zero-order valence-corrected chi connectivity index (χ0v) is 18.6. The fourth-order valence-electron chi connectivity index (χ4n) is 3.72. The lowest BCUT2D eigenvalue weighted by molar-refractivity contribution is -0.0736. The highest BCUT2D eigenvalue weighted by molar-refractivity contribution is 5.37. The Kier molecular flexibility index (Phi) is 8.88. The van der Waals surface area contributed by atoms with Crippen molar-refractivity contribution in [3.8, 4) is 0 Å². The third kappa shape index (κ3) is 8.00. The molecule has 0 saturated carbocycles. The van der Waals surface area contributed by atoms with Crippen molar-refractivity contribution in [3.05, 3.63) is 94.6 Å². The molecule has 0 spiro atoms. The minimum absolute atomic E-state index is 0.268. The third-order valence-electron chi connectivity index (χ3n) is 5.44. The molecular formula is C27H36O2. The largest absolute Gasteiger partial charge is 0.365 e. The van der Waals surface area contributed by atoms with Gasteiger partial charge in [-0.25, -0.2) is 0 Å². The Hall–Kier alpha value is -2.16. The van der Waals surface area contributed by atoms with E-state index in [1.807, 2.05) is 49.4 Å². The van der Waals surface area contributed by atoms with Crippen LogP contribution in [0.2, 0.25) is 0 Å². The van der Waals surface area contributed by atoms with Crippen LogP contribution in [0.4, 0.5) is 0 Å². The molecule has 156 valence electrons. The third-order valence-corrected chi connectivity index (χ3v) is 5.44. The first-order chi connectivity index (χ1) is 13.8. The van der Waals surface area contributed by atoms with Crippen molar-refractivity contribution in [1.29, 1.82) is 0 Å². The molecule has 0 radical (unpaired) electrons. The molecule has 1 aliphatic rings. The number of rotatable bonds is 8. The van der Waals surface area contributed by atoms with Gasteiger partial charge in [0, 0.05) is 0 Å². The molecule has 1 aromatic carbocycles. The summed E-state index contributed by atoms with van der Waals surface area (Å²) in [6.45, 7) is 11.4. The standard InChI is InChI=1S/C27H36O2/c1-21(16-17-25-23(3)13-10-18-27(25,4)5)11-9-12-22(2)19-26(28)29-20-24-14-7-6-8-15-24/h6-9,11-12,14-17,19,26,28H,10,13,18,20H2,1-5H3. The summed E-state index contributed by atoms with van der Waals surface area (Å²) in [6.07, 6.45) is 15.2. The van der Waals surface area contributed by atoms with E-state index in [4.69, 9.17) is 4.74 Å². The second-order valence-electron chi connectivity index (χ2n) is 8.63. The van der Waals surface area contributed by atoms with Gasteiger partial charge in [0.1, 0.15) is 0 Å². The highest BCUT2D eigenvalue weighted by Crippen LogP contribution is 2.40. The molecule has 1 N–H and O–H groups in total. The smallest absolute Gasteiger partial charge is 0.175 e. The van der Waals surface area contributed by atoms with Crippen LogP contribution in [0.3, 0.4) is 0 Å². The van der Waals surface area contributed by atoms with Gasteiger partial charge in [0.2, 0.25) is 0 Å². The van der Waals surface area contributed by atoms with Gasteiger partial charge in [0.15, 0.2) is 6.29 Å². The number of aliphatic hydroxyl groups is 1. The quantitative estimate of drug-likeness (QED) is 0.379. The maximum Gasteiger partial charge on any atom is 0.175 e. The van der Waals surface area contributed by atoms with Crippen molar-refractivity contribution < 1.29 is 9.84 Å². The molecular weight excluding hydrogens is 356 g/mol. The maximum atomic E-state index is 10.0. The van der Waals surface area contributed by atoms with Crippen LogP contribution in [0.5, 0.6) is 0 Å².